The minimum atomic E-state index is -0.346. The number of carbonyl (C=O) groups excluding carboxylic acids is 1. The molecule has 0 saturated carbocycles. The fourth-order valence-electron chi connectivity index (χ4n) is 1.56. The Bertz CT molecular complexity index is 566. The third kappa shape index (κ3) is 3.71. The van der Waals surface area contributed by atoms with Gasteiger partial charge in [0.2, 0.25) is 0 Å². The molecule has 98 valence electrons. The standard InChI is InChI=1S/C15H16N2O2/c1-4-5-12-8-11(6-7-14(12)18)9-13(10-16)15(19)17(2)3/h4,6-9,18H,1,5H2,2-3H3/b13-9-. The third-order valence-electron chi connectivity index (χ3n) is 2.54. The Morgan fingerprint density at radius 1 is 1.53 bits per heavy atom. The van der Waals surface area contributed by atoms with E-state index in [4.69, 9.17) is 5.26 Å². The SMILES string of the molecule is C=CCc1cc(/C=C(/C#N)C(=O)N(C)C)ccc1O. The van der Waals surface area contributed by atoms with Crippen molar-refractivity contribution in [3.8, 4) is 11.8 Å². The van der Waals surface area contributed by atoms with Gasteiger partial charge in [0.25, 0.3) is 5.91 Å². The van der Waals surface area contributed by atoms with Crippen LogP contribution in [-0.2, 0) is 11.2 Å². The lowest BCUT2D eigenvalue weighted by Gasteiger charge is -2.09. The number of nitriles is 1. The molecule has 0 aliphatic carbocycles. The van der Waals surface area contributed by atoms with Crippen molar-refractivity contribution in [2.24, 2.45) is 0 Å². The van der Waals surface area contributed by atoms with Gasteiger partial charge < -0.3 is 10.0 Å². The number of benzene rings is 1. The van der Waals surface area contributed by atoms with Crippen LogP contribution in [0.1, 0.15) is 11.1 Å². The van der Waals surface area contributed by atoms with E-state index in [-0.39, 0.29) is 17.2 Å². The Hall–Kier alpha value is -2.54. The highest BCUT2D eigenvalue weighted by molar-refractivity contribution is 6.01. The second-order valence-electron chi connectivity index (χ2n) is 4.25. The zero-order valence-corrected chi connectivity index (χ0v) is 11.1. The fourth-order valence-corrected chi connectivity index (χ4v) is 1.56. The highest BCUT2D eigenvalue weighted by Gasteiger charge is 2.11. The maximum Gasteiger partial charge on any atom is 0.264 e. The van der Waals surface area contributed by atoms with Gasteiger partial charge in [-0.1, -0.05) is 12.1 Å². The lowest BCUT2D eigenvalue weighted by atomic mass is 10.0. The second-order valence-corrected chi connectivity index (χ2v) is 4.25. The van der Waals surface area contributed by atoms with E-state index >= 15 is 0 Å². The topological polar surface area (TPSA) is 64.3 Å². The molecule has 1 rings (SSSR count). The molecule has 0 unspecified atom stereocenters. The molecule has 0 fully saturated rings. The van der Waals surface area contributed by atoms with E-state index in [0.29, 0.717) is 17.5 Å². The summed E-state index contributed by atoms with van der Waals surface area (Å²) in [5, 5.41) is 18.6. The van der Waals surface area contributed by atoms with Gasteiger partial charge in [-0.15, -0.1) is 6.58 Å². The third-order valence-corrected chi connectivity index (χ3v) is 2.54. The Kier molecular flexibility index (Phi) is 4.90. The van der Waals surface area contributed by atoms with E-state index in [1.807, 2.05) is 6.07 Å². The van der Waals surface area contributed by atoms with Crippen LogP contribution in [0, 0.1) is 11.3 Å². The van der Waals surface area contributed by atoms with Gasteiger partial charge >= 0.3 is 0 Å². The van der Waals surface area contributed by atoms with Crippen LogP contribution in [0.3, 0.4) is 0 Å². The Morgan fingerprint density at radius 3 is 2.74 bits per heavy atom. The average molecular weight is 256 g/mol. The van der Waals surface area contributed by atoms with Crippen LogP contribution in [0.4, 0.5) is 0 Å². The first kappa shape index (κ1) is 14.5. The van der Waals surface area contributed by atoms with Crippen molar-refractivity contribution in [2.75, 3.05) is 14.1 Å². The first-order valence-corrected chi connectivity index (χ1v) is 5.75. The molecule has 0 heterocycles. The monoisotopic (exact) mass is 256 g/mol. The van der Waals surface area contributed by atoms with Gasteiger partial charge in [0.15, 0.2) is 0 Å². The van der Waals surface area contributed by atoms with E-state index in [0.717, 1.165) is 0 Å². The summed E-state index contributed by atoms with van der Waals surface area (Å²) in [6, 6.07) is 6.81. The zero-order valence-electron chi connectivity index (χ0n) is 11.1. The summed E-state index contributed by atoms with van der Waals surface area (Å²) in [5.74, 6) is -0.171. The number of hydrogen-bond donors (Lipinski definition) is 1. The predicted molar refractivity (Wildman–Crippen MR) is 74.3 cm³/mol. The number of phenolic OH excluding ortho intramolecular Hbond substituents is 1. The van der Waals surface area contributed by atoms with Gasteiger partial charge in [-0.25, -0.2) is 0 Å². The lowest BCUT2D eigenvalue weighted by Crippen LogP contribution is -2.22. The molecular formula is C15H16N2O2. The number of allylic oxidation sites excluding steroid dienone is 1. The minimum absolute atomic E-state index is 0.0558. The smallest absolute Gasteiger partial charge is 0.264 e. The number of amides is 1. The van der Waals surface area contributed by atoms with Crippen molar-refractivity contribution in [2.45, 2.75) is 6.42 Å². The molecule has 0 aliphatic heterocycles. The number of phenols is 1. The minimum Gasteiger partial charge on any atom is -0.508 e. The summed E-state index contributed by atoms with van der Waals surface area (Å²) in [4.78, 5) is 13.1. The molecule has 4 heteroatoms. The van der Waals surface area contributed by atoms with Gasteiger partial charge in [-0.2, -0.15) is 5.26 Å². The van der Waals surface area contributed by atoms with Gasteiger partial charge in [-0.05, 0) is 35.8 Å². The highest BCUT2D eigenvalue weighted by Crippen LogP contribution is 2.21. The second kappa shape index (κ2) is 6.41. The van der Waals surface area contributed by atoms with Crippen LogP contribution in [0.2, 0.25) is 0 Å². The van der Waals surface area contributed by atoms with Gasteiger partial charge in [0.1, 0.15) is 17.4 Å². The predicted octanol–water partition coefficient (Wildman–Crippen LogP) is 2.12. The van der Waals surface area contributed by atoms with E-state index in [9.17, 15) is 9.90 Å². The Balaban J connectivity index is 3.16. The van der Waals surface area contributed by atoms with E-state index in [1.165, 1.54) is 11.0 Å². The average Bonchev–Trinajstić information content (AvgIpc) is 2.39. The van der Waals surface area contributed by atoms with Gasteiger partial charge in [-0.3, -0.25) is 4.79 Å². The maximum absolute atomic E-state index is 11.7. The Morgan fingerprint density at radius 2 is 2.21 bits per heavy atom. The van der Waals surface area contributed by atoms with Crippen molar-refractivity contribution in [3.63, 3.8) is 0 Å². The van der Waals surface area contributed by atoms with Crippen molar-refractivity contribution in [1.29, 1.82) is 5.26 Å². The summed E-state index contributed by atoms with van der Waals surface area (Å²) in [6.07, 6.45) is 3.71. The summed E-state index contributed by atoms with van der Waals surface area (Å²) < 4.78 is 0. The van der Waals surface area contributed by atoms with Crippen molar-refractivity contribution < 1.29 is 9.90 Å². The van der Waals surface area contributed by atoms with Crippen molar-refractivity contribution in [3.05, 3.63) is 47.6 Å². The Labute approximate surface area is 112 Å². The molecule has 0 saturated heterocycles. The number of aromatic hydroxyl groups is 1. The first-order chi connectivity index (χ1) is 8.99. The van der Waals surface area contributed by atoms with E-state index < -0.39 is 0 Å². The van der Waals surface area contributed by atoms with Gasteiger partial charge in [0, 0.05) is 14.1 Å². The summed E-state index contributed by atoms with van der Waals surface area (Å²) in [5.41, 5.74) is 1.46. The summed E-state index contributed by atoms with van der Waals surface area (Å²) >= 11 is 0. The van der Waals surface area contributed by atoms with Crippen molar-refractivity contribution >= 4 is 12.0 Å². The molecule has 0 radical (unpaired) electrons. The molecule has 4 nitrogen and oxygen atoms in total. The number of carbonyl (C=O) groups is 1. The largest absolute Gasteiger partial charge is 0.508 e. The molecule has 0 aliphatic rings. The molecule has 1 aromatic rings. The zero-order chi connectivity index (χ0) is 14.4. The maximum atomic E-state index is 11.7. The molecule has 19 heavy (non-hydrogen) atoms. The van der Waals surface area contributed by atoms with Crippen LogP contribution in [0.5, 0.6) is 5.75 Å². The molecule has 1 aromatic carbocycles. The number of hydrogen-bond acceptors (Lipinski definition) is 3. The summed E-state index contributed by atoms with van der Waals surface area (Å²) in [7, 11) is 3.18. The molecule has 0 aromatic heterocycles. The number of nitrogens with zero attached hydrogens (tertiary/aromatic N) is 2. The summed E-state index contributed by atoms with van der Waals surface area (Å²) in [6.45, 7) is 3.62. The molecular weight excluding hydrogens is 240 g/mol. The van der Waals surface area contributed by atoms with Gasteiger partial charge in [0.05, 0.1) is 0 Å². The van der Waals surface area contributed by atoms with Crippen molar-refractivity contribution in [1.82, 2.24) is 4.90 Å². The molecule has 0 atom stereocenters. The van der Waals surface area contributed by atoms with Crippen LogP contribution >= 0.6 is 0 Å². The number of likely N-dealkylation sites (N-methyl/N-ethyl adjacent to an activating group) is 1. The first-order valence-electron chi connectivity index (χ1n) is 5.75. The molecule has 1 N–H and O–H groups in total. The normalized spacial score (nSPS) is 10.7. The molecule has 1 amide bonds. The van der Waals surface area contributed by atoms with E-state index in [1.54, 1.807) is 38.4 Å². The quantitative estimate of drug-likeness (QED) is 0.510. The van der Waals surface area contributed by atoms with Crippen LogP contribution in [0.15, 0.2) is 36.4 Å². The van der Waals surface area contributed by atoms with Crippen LogP contribution < -0.4 is 0 Å². The molecule has 0 bridgehead atoms. The number of rotatable bonds is 4. The molecule has 0 spiro atoms. The van der Waals surface area contributed by atoms with Crippen LogP contribution in [0.25, 0.3) is 6.08 Å². The fraction of sp³-hybridized carbons (Fsp3) is 0.200. The highest BCUT2D eigenvalue weighted by atomic mass is 16.3. The van der Waals surface area contributed by atoms with Crippen LogP contribution in [-0.4, -0.2) is 30.0 Å². The van der Waals surface area contributed by atoms with E-state index in [2.05, 4.69) is 6.58 Å². The lowest BCUT2D eigenvalue weighted by molar-refractivity contribution is -0.124.